The number of alkyl halides is 3. The standard InChI is InChI=1S/C30H25F7O2/c1-2-3-4-13-38-22-10-12-23(25(31)17-22)20-9-11-24-21(16-20)8-7-19(28(24)34)6-5-18-14-26(32)29(27(33)15-18)39-30(35,36)37/h7-12,14-17H,2-6,13H2,1H3. The zero-order valence-electron chi connectivity index (χ0n) is 21.0. The molecule has 0 heterocycles. The minimum Gasteiger partial charge on any atom is -0.493 e. The Hall–Kier alpha value is -3.75. The zero-order valence-corrected chi connectivity index (χ0v) is 21.0. The van der Waals surface area contributed by atoms with Gasteiger partial charge in [0.25, 0.3) is 0 Å². The smallest absolute Gasteiger partial charge is 0.493 e. The Morgan fingerprint density at radius 3 is 2.15 bits per heavy atom. The van der Waals surface area contributed by atoms with Crippen molar-refractivity contribution in [1.29, 1.82) is 0 Å². The van der Waals surface area contributed by atoms with Crippen LogP contribution in [0.4, 0.5) is 30.7 Å². The quantitative estimate of drug-likeness (QED) is 0.145. The van der Waals surface area contributed by atoms with Gasteiger partial charge in [-0.05, 0) is 71.7 Å². The predicted molar refractivity (Wildman–Crippen MR) is 135 cm³/mol. The maximum atomic E-state index is 15.2. The third kappa shape index (κ3) is 7.02. The molecule has 2 nitrogen and oxygen atoms in total. The van der Waals surface area contributed by atoms with Crippen LogP contribution in [-0.2, 0) is 12.8 Å². The average Bonchev–Trinajstić information content (AvgIpc) is 2.88. The first kappa shape index (κ1) is 28.3. The third-order valence-corrected chi connectivity index (χ3v) is 6.26. The molecule has 0 radical (unpaired) electrons. The lowest BCUT2D eigenvalue weighted by molar-refractivity contribution is -0.276. The Balaban J connectivity index is 1.49. The van der Waals surface area contributed by atoms with Crippen LogP contribution in [0.3, 0.4) is 0 Å². The van der Waals surface area contributed by atoms with Crippen LogP contribution in [-0.4, -0.2) is 13.0 Å². The SMILES string of the molecule is CCCCCOc1ccc(-c2ccc3c(F)c(CCc4cc(F)c(OC(F)(F)F)c(F)c4)ccc3c2)c(F)c1. The molecule has 0 unspecified atom stereocenters. The van der Waals surface area contributed by atoms with Crippen molar-refractivity contribution in [3.8, 4) is 22.6 Å². The number of fused-ring (bicyclic) bond motifs is 1. The molecule has 9 heteroatoms. The minimum absolute atomic E-state index is 0.0290. The number of hydrogen-bond donors (Lipinski definition) is 0. The van der Waals surface area contributed by atoms with Gasteiger partial charge in [0.1, 0.15) is 17.4 Å². The van der Waals surface area contributed by atoms with Crippen LogP contribution < -0.4 is 9.47 Å². The third-order valence-electron chi connectivity index (χ3n) is 6.26. The normalized spacial score (nSPS) is 11.7. The molecule has 0 aromatic heterocycles. The fourth-order valence-corrected chi connectivity index (χ4v) is 4.31. The van der Waals surface area contributed by atoms with Crippen molar-refractivity contribution in [2.45, 2.75) is 45.4 Å². The van der Waals surface area contributed by atoms with Gasteiger partial charge >= 0.3 is 6.36 Å². The van der Waals surface area contributed by atoms with E-state index in [1.54, 1.807) is 30.3 Å². The van der Waals surface area contributed by atoms with Crippen molar-refractivity contribution in [3.05, 3.63) is 95.1 Å². The lowest BCUT2D eigenvalue weighted by Gasteiger charge is -2.12. The molecule has 0 spiro atoms. The van der Waals surface area contributed by atoms with E-state index < -0.39 is 35.4 Å². The Labute approximate surface area is 221 Å². The molecule has 0 bridgehead atoms. The Bertz CT molecular complexity index is 1440. The summed E-state index contributed by atoms with van der Waals surface area (Å²) in [6.45, 7) is 2.59. The second-order valence-corrected chi connectivity index (χ2v) is 9.11. The fraction of sp³-hybridized carbons (Fsp3) is 0.267. The van der Waals surface area contributed by atoms with Crippen molar-refractivity contribution < 1.29 is 40.2 Å². The first-order chi connectivity index (χ1) is 18.6. The molecule has 0 aliphatic carbocycles. The van der Waals surface area contributed by atoms with E-state index in [4.69, 9.17) is 4.74 Å². The summed E-state index contributed by atoms with van der Waals surface area (Å²) in [7, 11) is 0. The molecular weight excluding hydrogens is 525 g/mol. The number of hydrogen-bond acceptors (Lipinski definition) is 2. The largest absolute Gasteiger partial charge is 0.573 e. The second kappa shape index (κ2) is 12.0. The van der Waals surface area contributed by atoms with Crippen LogP contribution in [0.15, 0.2) is 60.7 Å². The molecule has 0 aliphatic heterocycles. The summed E-state index contributed by atoms with van der Waals surface area (Å²) in [5.41, 5.74) is 1.19. The van der Waals surface area contributed by atoms with Gasteiger partial charge < -0.3 is 9.47 Å². The van der Waals surface area contributed by atoms with Crippen molar-refractivity contribution in [2.24, 2.45) is 0 Å². The maximum absolute atomic E-state index is 15.2. The summed E-state index contributed by atoms with van der Waals surface area (Å²) in [5.74, 6) is -5.12. The summed E-state index contributed by atoms with van der Waals surface area (Å²) < 4.78 is 104. The van der Waals surface area contributed by atoms with Crippen molar-refractivity contribution in [3.63, 3.8) is 0 Å². The topological polar surface area (TPSA) is 18.5 Å². The molecule has 4 aromatic carbocycles. The van der Waals surface area contributed by atoms with Gasteiger partial charge in [-0.15, -0.1) is 13.2 Å². The van der Waals surface area contributed by atoms with Crippen molar-refractivity contribution >= 4 is 10.8 Å². The average molecular weight is 551 g/mol. The number of benzene rings is 4. The van der Waals surface area contributed by atoms with Gasteiger partial charge in [0, 0.05) is 17.0 Å². The number of rotatable bonds is 10. The first-order valence-electron chi connectivity index (χ1n) is 12.4. The van der Waals surface area contributed by atoms with Crippen LogP contribution in [0, 0.1) is 23.3 Å². The van der Waals surface area contributed by atoms with Crippen LogP contribution in [0.25, 0.3) is 21.9 Å². The minimum atomic E-state index is -5.24. The number of halogens is 7. The number of unbranched alkanes of at least 4 members (excludes halogenated alkanes) is 2. The van der Waals surface area contributed by atoms with Crippen molar-refractivity contribution in [2.75, 3.05) is 6.61 Å². The predicted octanol–water partition coefficient (Wildman–Crippen LogP) is 9.32. The highest BCUT2D eigenvalue weighted by atomic mass is 19.4. The van der Waals surface area contributed by atoms with E-state index >= 15 is 4.39 Å². The van der Waals surface area contributed by atoms with E-state index in [0.29, 0.717) is 28.9 Å². The van der Waals surface area contributed by atoms with E-state index in [0.717, 1.165) is 31.4 Å². The Kier molecular flexibility index (Phi) is 8.67. The summed E-state index contributed by atoms with van der Waals surface area (Å²) in [4.78, 5) is 0. The molecule has 206 valence electrons. The first-order valence-corrected chi connectivity index (χ1v) is 12.4. The second-order valence-electron chi connectivity index (χ2n) is 9.11. The highest BCUT2D eigenvalue weighted by Gasteiger charge is 2.34. The number of ether oxygens (including phenoxy) is 2. The van der Waals surface area contributed by atoms with E-state index in [9.17, 15) is 26.3 Å². The van der Waals surface area contributed by atoms with E-state index in [1.165, 1.54) is 18.2 Å². The monoisotopic (exact) mass is 550 g/mol. The molecule has 39 heavy (non-hydrogen) atoms. The van der Waals surface area contributed by atoms with Gasteiger partial charge in [0.15, 0.2) is 11.6 Å². The zero-order chi connectivity index (χ0) is 28.2. The summed E-state index contributed by atoms with van der Waals surface area (Å²) in [6.07, 6.45) is -2.27. The van der Waals surface area contributed by atoms with Gasteiger partial charge in [-0.2, -0.15) is 0 Å². The van der Waals surface area contributed by atoms with E-state index in [-0.39, 0.29) is 29.4 Å². The summed E-state index contributed by atoms with van der Waals surface area (Å²) in [6, 6.07) is 14.0. The van der Waals surface area contributed by atoms with Crippen molar-refractivity contribution in [1.82, 2.24) is 0 Å². The Morgan fingerprint density at radius 2 is 1.49 bits per heavy atom. The van der Waals surface area contributed by atoms with E-state index in [2.05, 4.69) is 11.7 Å². The lowest BCUT2D eigenvalue weighted by Crippen LogP contribution is -2.19. The van der Waals surface area contributed by atoms with Gasteiger partial charge in [0.2, 0.25) is 5.75 Å². The van der Waals surface area contributed by atoms with Crippen LogP contribution in [0.2, 0.25) is 0 Å². The lowest BCUT2D eigenvalue weighted by atomic mass is 9.97. The van der Waals surface area contributed by atoms with E-state index in [1.807, 2.05) is 0 Å². The highest BCUT2D eigenvalue weighted by molar-refractivity contribution is 5.88. The molecule has 4 rings (SSSR count). The van der Waals surface area contributed by atoms with Crippen LogP contribution in [0.1, 0.15) is 37.3 Å². The summed E-state index contributed by atoms with van der Waals surface area (Å²) >= 11 is 0. The molecule has 4 aromatic rings. The van der Waals surface area contributed by atoms with Gasteiger partial charge in [-0.3, -0.25) is 0 Å². The molecule has 0 aliphatic rings. The molecular formula is C30H25F7O2. The molecule has 0 saturated carbocycles. The molecule has 0 fully saturated rings. The highest BCUT2D eigenvalue weighted by Crippen LogP contribution is 2.32. The maximum Gasteiger partial charge on any atom is 0.573 e. The van der Waals surface area contributed by atoms with Crippen LogP contribution >= 0.6 is 0 Å². The van der Waals surface area contributed by atoms with Gasteiger partial charge in [-0.25, -0.2) is 17.6 Å². The fourth-order valence-electron chi connectivity index (χ4n) is 4.31. The van der Waals surface area contributed by atoms with Gasteiger partial charge in [0.05, 0.1) is 6.61 Å². The number of aryl methyl sites for hydroxylation is 2. The molecule has 0 N–H and O–H groups in total. The van der Waals surface area contributed by atoms with Crippen LogP contribution in [0.5, 0.6) is 11.5 Å². The molecule has 0 amide bonds. The molecule has 0 saturated heterocycles. The van der Waals surface area contributed by atoms with Gasteiger partial charge in [-0.1, -0.05) is 44.0 Å². The molecule has 0 atom stereocenters. The Morgan fingerprint density at radius 1 is 0.744 bits per heavy atom. The summed E-state index contributed by atoms with van der Waals surface area (Å²) in [5, 5.41) is 0.803.